The van der Waals surface area contributed by atoms with Crippen molar-refractivity contribution >= 4 is 28.6 Å². The van der Waals surface area contributed by atoms with E-state index in [4.69, 9.17) is 0 Å². The Hall–Kier alpha value is -3.41. The Bertz CT molecular complexity index is 992. The molecule has 2 N–H and O–H groups in total. The van der Waals surface area contributed by atoms with Crippen molar-refractivity contribution in [3.8, 4) is 0 Å². The van der Waals surface area contributed by atoms with E-state index in [-0.39, 0.29) is 18.7 Å². The number of ketones is 1. The van der Waals surface area contributed by atoms with Gasteiger partial charge in [-0.2, -0.15) is 0 Å². The number of nitrogens with zero attached hydrogens (tertiary/aromatic N) is 1. The lowest BCUT2D eigenvalue weighted by Crippen LogP contribution is -2.43. The van der Waals surface area contributed by atoms with E-state index in [1.807, 2.05) is 54.6 Å². The molecule has 0 fully saturated rings. The van der Waals surface area contributed by atoms with E-state index in [1.54, 1.807) is 10.8 Å². The molecule has 3 rings (SSSR count). The second-order valence-electron chi connectivity index (χ2n) is 6.39. The number of fused-ring (bicyclic) bond motifs is 1. The van der Waals surface area contributed by atoms with E-state index in [0.717, 1.165) is 16.5 Å². The molecular weight excluding hydrogens is 344 g/mol. The highest BCUT2D eigenvalue weighted by molar-refractivity contribution is 6.07. The van der Waals surface area contributed by atoms with Gasteiger partial charge >= 0.3 is 5.97 Å². The van der Waals surface area contributed by atoms with Crippen molar-refractivity contribution in [2.24, 2.45) is 0 Å². The van der Waals surface area contributed by atoms with Gasteiger partial charge in [0.15, 0.2) is 5.78 Å². The molecule has 0 spiro atoms. The molecule has 1 amide bonds. The average molecular weight is 364 g/mol. The number of benzene rings is 2. The van der Waals surface area contributed by atoms with E-state index in [9.17, 15) is 19.5 Å². The fourth-order valence-corrected chi connectivity index (χ4v) is 3.10. The lowest BCUT2D eigenvalue weighted by molar-refractivity contribution is -0.141. The number of carbonyl (C=O) groups excluding carboxylic acids is 2. The van der Waals surface area contributed by atoms with Crippen molar-refractivity contribution in [2.45, 2.75) is 25.9 Å². The number of amides is 1. The number of hydrogen-bond donors (Lipinski definition) is 2. The van der Waals surface area contributed by atoms with Crippen LogP contribution in [-0.2, 0) is 22.6 Å². The summed E-state index contributed by atoms with van der Waals surface area (Å²) in [5.74, 6) is -1.60. The second kappa shape index (κ2) is 7.86. The quantitative estimate of drug-likeness (QED) is 0.631. The normalized spacial score (nSPS) is 11.9. The smallest absolute Gasteiger partial charge is 0.326 e. The van der Waals surface area contributed by atoms with Crippen LogP contribution in [0, 0.1) is 0 Å². The number of hydrogen-bond acceptors (Lipinski definition) is 3. The SMILES string of the molecule is CC(=O)c1cn(CC(=O)NC(Cc2ccccc2)C(=O)O)c2ccccc12. The van der Waals surface area contributed by atoms with Crippen molar-refractivity contribution in [3.63, 3.8) is 0 Å². The molecule has 0 aliphatic rings. The first-order valence-electron chi connectivity index (χ1n) is 8.60. The van der Waals surface area contributed by atoms with Gasteiger partial charge in [-0.25, -0.2) is 4.79 Å². The predicted octanol–water partition coefficient (Wildman–Crippen LogP) is 2.66. The molecule has 0 saturated heterocycles. The van der Waals surface area contributed by atoms with Crippen molar-refractivity contribution in [1.82, 2.24) is 9.88 Å². The van der Waals surface area contributed by atoms with Crippen molar-refractivity contribution in [1.29, 1.82) is 0 Å². The van der Waals surface area contributed by atoms with E-state index in [1.165, 1.54) is 6.92 Å². The first-order valence-corrected chi connectivity index (χ1v) is 8.60. The Balaban J connectivity index is 1.77. The average Bonchev–Trinajstić information content (AvgIpc) is 3.01. The molecule has 6 heteroatoms. The first kappa shape index (κ1) is 18.4. The Morgan fingerprint density at radius 3 is 2.37 bits per heavy atom. The summed E-state index contributed by atoms with van der Waals surface area (Å²) < 4.78 is 1.67. The number of aromatic nitrogens is 1. The summed E-state index contributed by atoms with van der Waals surface area (Å²) in [6.45, 7) is 1.42. The summed E-state index contributed by atoms with van der Waals surface area (Å²) >= 11 is 0. The molecule has 138 valence electrons. The van der Waals surface area contributed by atoms with Crippen molar-refractivity contribution < 1.29 is 19.5 Å². The summed E-state index contributed by atoms with van der Waals surface area (Å²) in [4.78, 5) is 35.8. The first-order chi connectivity index (χ1) is 13.0. The number of carbonyl (C=O) groups is 3. The zero-order valence-corrected chi connectivity index (χ0v) is 14.9. The molecule has 2 aromatic carbocycles. The van der Waals surface area contributed by atoms with Crippen molar-refractivity contribution in [2.75, 3.05) is 0 Å². The lowest BCUT2D eigenvalue weighted by atomic mass is 10.1. The van der Waals surface area contributed by atoms with Crippen LogP contribution in [0.4, 0.5) is 0 Å². The number of aliphatic carboxylic acids is 1. The summed E-state index contributed by atoms with van der Waals surface area (Å²) in [7, 11) is 0. The molecule has 0 saturated carbocycles. The third-order valence-corrected chi connectivity index (χ3v) is 4.40. The van der Waals surface area contributed by atoms with E-state index < -0.39 is 17.9 Å². The number of rotatable bonds is 7. The molecule has 1 aromatic heterocycles. The molecule has 0 aliphatic carbocycles. The van der Waals surface area contributed by atoms with Gasteiger partial charge in [0.05, 0.1) is 0 Å². The van der Waals surface area contributed by atoms with Gasteiger partial charge in [0, 0.05) is 29.1 Å². The fraction of sp³-hybridized carbons (Fsp3) is 0.190. The zero-order chi connectivity index (χ0) is 19.4. The summed E-state index contributed by atoms with van der Waals surface area (Å²) in [6, 6.07) is 15.4. The van der Waals surface area contributed by atoms with Gasteiger partial charge in [0.1, 0.15) is 12.6 Å². The second-order valence-corrected chi connectivity index (χ2v) is 6.39. The molecule has 0 radical (unpaired) electrons. The highest BCUT2D eigenvalue weighted by atomic mass is 16.4. The molecule has 0 aliphatic heterocycles. The third kappa shape index (κ3) is 4.23. The summed E-state index contributed by atoms with van der Waals surface area (Å²) in [5.41, 5.74) is 2.13. The van der Waals surface area contributed by atoms with E-state index >= 15 is 0 Å². The minimum absolute atomic E-state index is 0.0631. The zero-order valence-electron chi connectivity index (χ0n) is 14.9. The standard InChI is InChI=1S/C21H20N2O4/c1-14(24)17-12-23(19-10-6-5-9-16(17)19)13-20(25)22-18(21(26)27)11-15-7-3-2-4-8-15/h2-10,12,18H,11,13H2,1H3,(H,22,25)(H,26,27). The number of carboxylic acids is 1. The number of para-hydroxylation sites is 1. The Kier molecular flexibility index (Phi) is 5.35. The maximum absolute atomic E-state index is 12.5. The highest BCUT2D eigenvalue weighted by Crippen LogP contribution is 2.21. The van der Waals surface area contributed by atoms with Crippen LogP contribution in [-0.4, -0.2) is 33.4 Å². The van der Waals surface area contributed by atoms with Crippen LogP contribution in [0.2, 0.25) is 0 Å². The Labute approximate surface area is 156 Å². The molecule has 1 unspecified atom stereocenters. The van der Waals surface area contributed by atoms with Crippen LogP contribution < -0.4 is 5.32 Å². The molecular formula is C21H20N2O4. The largest absolute Gasteiger partial charge is 0.480 e. The van der Waals surface area contributed by atoms with Crippen LogP contribution >= 0.6 is 0 Å². The molecule has 27 heavy (non-hydrogen) atoms. The Morgan fingerprint density at radius 2 is 1.70 bits per heavy atom. The maximum atomic E-state index is 12.5. The van der Waals surface area contributed by atoms with Gasteiger partial charge in [0.25, 0.3) is 0 Å². The summed E-state index contributed by atoms with van der Waals surface area (Å²) in [6.07, 6.45) is 1.84. The van der Waals surface area contributed by atoms with Gasteiger partial charge in [-0.05, 0) is 18.6 Å². The van der Waals surface area contributed by atoms with Crippen LogP contribution in [0.5, 0.6) is 0 Å². The van der Waals surface area contributed by atoms with Crippen molar-refractivity contribution in [3.05, 3.63) is 71.9 Å². The third-order valence-electron chi connectivity index (χ3n) is 4.40. The number of Topliss-reactive ketones (excluding diaryl/α,β-unsaturated/α-hetero) is 1. The van der Waals surface area contributed by atoms with Crippen LogP contribution in [0.1, 0.15) is 22.8 Å². The number of carboxylic acid groups (broad SMARTS) is 1. The predicted molar refractivity (Wildman–Crippen MR) is 102 cm³/mol. The Morgan fingerprint density at radius 1 is 1.04 bits per heavy atom. The minimum atomic E-state index is -1.09. The molecule has 0 bridgehead atoms. The van der Waals surface area contributed by atoms with E-state index in [0.29, 0.717) is 5.56 Å². The van der Waals surface area contributed by atoms with Gasteiger partial charge in [-0.1, -0.05) is 48.5 Å². The topological polar surface area (TPSA) is 88.4 Å². The summed E-state index contributed by atoms with van der Waals surface area (Å²) in [5, 5.41) is 12.8. The molecule has 1 heterocycles. The van der Waals surface area contributed by atoms with Crippen LogP contribution in [0.15, 0.2) is 60.8 Å². The molecule has 3 aromatic rings. The van der Waals surface area contributed by atoms with Crippen LogP contribution in [0.25, 0.3) is 10.9 Å². The van der Waals surface area contributed by atoms with Gasteiger partial charge in [-0.3, -0.25) is 9.59 Å². The van der Waals surface area contributed by atoms with Gasteiger partial charge in [0.2, 0.25) is 5.91 Å². The fourth-order valence-electron chi connectivity index (χ4n) is 3.10. The highest BCUT2D eigenvalue weighted by Gasteiger charge is 2.21. The molecule has 1 atom stereocenters. The van der Waals surface area contributed by atoms with Gasteiger partial charge in [-0.15, -0.1) is 0 Å². The van der Waals surface area contributed by atoms with Crippen LogP contribution in [0.3, 0.4) is 0 Å². The lowest BCUT2D eigenvalue weighted by Gasteiger charge is -2.15. The van der Waals surface area contributed by atoms with E-state index in [2.05, 4.69) is 5.32 Å². The monoisotopic (exact) mass is 364 g/mol. The molecule has 6 nitrogen and oxygen atoms in total. The maximum Gasteiger partial charge on any atom is 0.326 e. The minimum Gasteiger partial charge on any atom is -0.480 e. The number of nitrogens with one attached hydrogen (secondary N) is 1. The van der Waals surface area contributed by atoms with Gasteiger partial charge < -0.3 is 15.0 Å².